The Balaban J connectivity index is 2.03. The van der Waals surface area contributed by atoms with Crippen molar-refractivity contribution in [3.63, 3.8) is 0 Å². The van der Waals surface area contributed by atoms with Gasteiger partial charge in [0.2, 0.25) is 0 Å². The molecule has 0 spiro atoms. The summed E-state index contributed by atoms with van der Waals surface area (Å²) in [7, 11) is 0. The van der Waals surface area contributed by atoms with Crippen molar-refractivity contribution in [1.29, 1.82) is 0 Å². The maximum absolute atomic E-state index is 12.1. The smallest absolute Gasteiger partial charge is 0.256 e. The molecule has 1 aromatic heterocycles. The minimum Gasteiger partial charge on any atom is -0.383 e. The predicted molar refractivity (Wildman–Crippen MR) is 71.1 cm³/mol. The fraction of sp³-hybridized carbons (Fsp3) is 0.692. The van der Waals surface area contributed by atoms with Gasteiger partial charge in [-0.1, -0.05) is 26.7 Å². The highest BCUT2D eigenvalue weighted by Gasteiger charge is 2.29. The van der Waals surface area contributed by atoms with Crippen LogP contribution >= 0.6 is 0 Å². The second-order valence-electron chi connectivity index (χ2n) is 5.47. The minimum absolute atomic E-state index is 0.112. The molecule has 0 bridgehead atoms. The first kappa shape index (κ1) is 12.9. The molecule has 4 N–H and O–H groups in total. The van der Waals surface area contributed by atoms with Crippen molar-refractivity contribution < 1.29 is 4.79 Å². The Hall–Kier alpha value is -1.52. The second kappa shape index (κ2) is 5.42. The number of hydrogen-bond acceptors (Lipinski definition) is 3. The first-order chi connectivity index (χ1) is 8.59. The zero-order valence-corrected chi connectivity index (χ0v) is 11.1. The van der Waals surface area contributed by atoms with E-state index in [1.807, 2.05) is 0 Å². The molecule has 2 rings (SSSR count). The predicted octanol–water partition coefficient (Wildman–Crippen LogP) is 1.94. The van der Waals surface area contributed by atoms with E-state index in [1.165, 1.54) is 25.5 Å². The number of aromatic nitrogens is 2. The van der Waals surface area contributed by atoms with Crippen LogP contribution in [0.4, 0.5) is 5.82 Å². The lowest BCUT2D eigenvalue weighted by atomic mass is 9.78. The summed E-state index contributed by atoms with van der Waals surface area (Å²) in [5.74, 6) is 1.39. The molecule has 100 valence electrons. The van der Waals surface area contributed by atoms with Crippen LogP contribution in [0.2, 0.25) is 0 Å². The van der Waals surface area contributed by atoms with Gasteiger partial charge in [-0.25, -0.2) is 0 Å². The molecule has 1 saturated carbocycles. The summed E-state index contributed by atoms with van der Waals surface area (Å²) in [4.78, 5) is 12.1. The molecule has 2 unspecified atom stereocenters. The minimum atomic E-state index is -0.112. The van der Waals surface area contributed by atoms with Crippen LogP contribution in [0.1, 0.15) is 49.9 Å². The Morgan fingerprint density at radius 3 is 2.83 bits per heavy atom. The molecule has 1 aromatic rings. The van der Waals surface area contributed by atoms with Crippen LogP contribution in [-0.4, -0.2) is 22.1 Å². The molecular weight excluding hydrogens is 228 g/mol. The number of amides is 1. The summed E-state index contributed by atoms with van der Waals surface area (Å²) in [6.07, 6.45) is 6.20. The number of carbonyl (C=O) groups excluding carboxylic acids is 1. The van der Waals surface area contributed by atoms with E-state index >= 15 is 0 Å². The number of hydrogen-bond donors (Lipinski definition) is 3. The lowest BCUT2D eigenvalue weighted by Crippen LogP contribution is -2.44. The van der Waals surface area contributed by atoms with Gasteiger partial charge < -0.3 is 11.1 Å². The van der Waals surface area contributed by atoms with Crippen molar-refractivity contribution in [1.82, 2.24) is 15.5 Å². The van der Waals surface area contributed by atoms with Gasteiger partial charge in [-0.05, 0) is 24.7 Å². The lowest BCUT2D eigenvalue weighted by Gasteiger charge is -2.34. The van der Waals surface area contributed by atoms with Crippen LogP contribution in [0.5, 0.6) is 0 Å². The third-order valence-corrected chi connectivity index (χ3v) is 3.91. The average Bonchev–Trinajstić information content (AvgIpc) is 2.76. The number of H-pyrrole nitrogens is 1. The van der Waals surface area contributed by atoms with Crippen LogP contribution in [0, 0.1) is 11.8 Å². The van der Waals surface area contributed by atoms with E-state index in [9.17, 15) is 4.79 Å². The average molecular weight is 250 g/mol. The summed E-state index contributed by atoms with van der Waals surface area (Å²) in [5, 5.41) is 9.48. The van der Waals surface area contributed by atoms with Crippen LogP contribution in [0.25, 0.3) is 0 Å². The van der Waals surface area contributed by atoms with Gasteiger partial charge in [0.05, 0.1) is 6.20 Å². The largest absolute Gasteiger partial charge is 0.383 e. The second-order valence-corrected chi connectivity index (χ2v) is 5.47. The topological polar surface area (TPSA) is 83.8 Å². The van der Waals surface area contributed by atoms with E-state index < -0.39 is 0 Å². The van der Waals surface area contributed by atoms with Gasteiger partial charge in [0, 0.05) is 6.04 Å². The van der Waals surface area contributed by atoms with E-state index in [4.69, 9.17) is 5.73 Å². The number of nitrogens with zero attached hydrogens (tertiary/aromatic N) is 1. The van der Waals surface area contributed by atoms with Gasteiger partial charge in [-0.2, -0.15) is 5.10 Å². The summed E-state index contributed by atoms with van der Waals surface area (Å²) < 4.78 is 0. The molecule has 0 saturated heterocycles. The highest BCUT2D eigenvalue weighted by Crippen LogP contribution is 2.30. The highest BCUT2D eigenvalue weighted by atomic mass is 16.1. The zero-order valence-electron chi connectivity index (χ0n) is 11.1. The van der Waals surface area contributed by atoms with Crippen molar-refractivity contribution in [3.8, 4) is 0 Å². The molecule has 1 heterocycles. The summed E-state index contributed by atoms with van der Waals surface area (Å²) in [5.41, 5.74) is 6.11. The molecule has 1 amide bonds. The summed E-state index contributed by atoms with van der Waals surface area (Å²) >= 11 is 0. The molecule has 1 aliphatic rings. The number of nitrogens with two attached hydrogens (primary N) is 1. The standard InChI is InChI=1S/C13H22N4O/c1-8(2)9-5-3-4-6-11(9)16-13(18)10-7-15-17-12(10)14/h7-9,11H,3-6H2,1-2H3,(H,16,18)(H3,14,15,17). The Morgan fingerprint density at radius 1 is 1.50 bits per heavy atom. The van der Waals surface area contributed by atoms with E-state index in [0.717, 1.165) is 6.42 Å². The van der Waals surface area contributed by atoms with Crippen LogP contribution in [0.15, 0.2) is 6.20 Å². The molecule has 5 heteroatoms. The molecule has 1 aliphatic carbocycles. The van der Waals surface area contributed by atoms with Crippen molar-refractivity contribution in [2.24, 2.45) is 11.8 Å². The first-order valence-electron chi connectivity index (χ1n) is 6.69. The Morgan fingerprint density at radius 2 is 2.22 bits per heavy atom. The maximum atomic E-state index is 12.1. The zero-order chi connectivity index (χ0) is 13.1. The van der Waals surface area contributed by atoms with Crippen molar-refractivity contribution in [2.75, 3.05) is 5.73 Å². The molecule has 18 heavy (non-hydrogen) atoms. The molecule has 5 nitrogen and oxygen atoms in total. The Kier molecular flexibility index (Phi) is 3.89. The molecular formula is C13H22N4O. The summed E-state index contributed by atoms with van der Waals surface area (Å²) in [6.45, 7) is 4.45. The SMILES string of the molecule is CC(C)C1CCCCC1NC(=O)c1cn[nH]c1N. The monoisotopic (exact) mass is 250 g/mol. The quantitative estimate of drug-likeness (QED) is 0.766. The fourth-order valence-electron chi connectivity index (χ4n) is 2.86. The van der Waals surface area contributed by atoms with Crippen molar-refractivity contribution in [3.05, 3.63) is 11.8 Å². The molecule has 1 fully saturated rings. The maximum Gasteiger partial charge on any atom is 0.256 e. The molecule has 0 aliphatic heterocycles. The first-order valence-corrected chi connectivity index (χ1v) is 6.69. The van der Waals surface area contributed by atoms with Crippen molar-refractivity contribution in [2.45, 2.75) is 45.6 Å². The number of nitrogens with one attached hydrogen (secondary N) is 2. The highest BCUT2D eigenvalue weighted by molar-refractivity contribution is 5.98. The van der Waals surface area contributed by atoms with Gasteiger partial charge >= 0.3 is 0 Å². The number of aromatic amines is 1. The Bertz CT molecular complexity index is 413. The molecule has 2 atom stereocenters. The number of nitrogen functional groups attached to an aromatic ring is 1. The summed E-state index contributed by atoms with van der Waals surface area (Å²) in [6, 6.07) is 0.264. The van der Waals surface area contributed by atoms with Gasteiger partial charge in [-0.3, -0.25) is 9.89 Å². The van der Waals surface area contributed by atoms with Crippen LogP contribution < -0.4 is 11.1 Å². The van der Waals surface area contributed by atoms with E-state index in [2.05, 4.69) is 29.4 Å². The van der Waals surface area contributed by atoms with Crippen molar-refractivity contribution >= 4 is 11.7 Å². The lowest BCUT2D eigenvalue weighted by molar-refractivity contribution is 0.0890. The molecule has 0 aromatic carbocycles. The third kappa shape index (κ3) is 2.66. The molecule has 0 radical (unpaired) electrons. The Labute approximate surface area is 108 Å². The van der Waals surface area contributed by atoms with Gasteiger partial charge in [-0.15, -0.1) is 0 Å². The van der Waals surface area contributed by atoms with E-state index in [0.29, 0.717) is 23.2 Å². The number of anilines is 1. The number of rotatable bonds is 3. The van der Waals surface area contributed by atoms with Gasteiger partial charge in [0.15, 0.2) is 0 Å². The third-order valence-electron chi connectivity index (χ3n) is 3.91. The van der Waals surface area contributed by atoms with Crippen LogP contribution in [0.3, 0.4) is 0 Å². The normalized spacial score (nSPS) is 24.2. The van der Waals surface area contributed by atoms with E-state index in [-0.39, 0.29) is 11.9 Å². The van der Waals surface area contributed by atoms with Gasteiger partial charge in [0.25, 0.3) is 5.91 Å². The van der Waals surface area contributed by atoms with E-state index in [1.54, 1.807) is 0 Å². The fourth-order valence-corrected chi connectivity index (χ4v) is 2.86. The van der Waals surface area contributed by atoms with Gasteiger partial charge in [0.1, 0.15) is 11.4 Å². The number of carbonyl (C=O) groups is 1. The van der Waals surface area contributed by atoms with Crippen LogP contribution in [-0.2, 0) is 0 Å².